The number of methoxy groups -OCH3 is 1. The van der Waals surface area contributed by atoms with Crippen LogP contribution < -0.4 is 5.32 Å². The van der Waals surface area contributed by atoms with Gasteiger partial charge in [-0.05, 0) is 13.5 Å². The molecular weight excluding hydrogens is 186 g/mol. The molecule has 74 valence electrons. The van der Waals surface area contributed by atoms with E-state index in [0.717, 1.165) is 36.0 Å². The van der Waals surface area contributed by atoms with Gasteiger partial charge in [-0.15, -0.1) is 21.5 Å². The van der Waals surface area contributed by atoms with Gasteiger partial charge in [0.15, 0.2) is 0 Å². The van der Waals surface area contributed by atoms with Crippen molar-refractivity contribution in [3.8, 4) is 0 Å². The Morgan fingerprint density at radius 3 is 2.85 bits per heavy atom. The van der Waals surface area contributed by atoms with Crippen LogP contribution in [-0.4, -0.2) is 31.0 Å². The van der Waals surface area contributed by atoms with Crippen molar-refractivity contribution in [2.75, 3.05) is 20.8 Å². The number of aryl methyl sites for hydroxylation is 1. The minimum Gasteiger partial charge on any atom is -0.385 e. The fraction of sp³-hybridized carbons (Fsp3) is 0.750. The Balaban J connectivity index is 2.31. The smallest absolute Gasteiger partial charge is 0.131 e. The number of nitrogens with one attached hydrogen (secondary N) is 1. The summed E-state index contributed by atoms with van der Waals surface area (Å²) in [6.45, 7) is 1.60. The van der Waals surface area contributed by atoms with Crippen LogP contribution in [0.1, 0.15) is 16.4 Å². The molecule has 0 aliphatic heterocycles. The second-order valence-electron chi connectivity index (χ2n) is 2.72. The van der Waals surface area contributed by atoms with E-state index in [2.05, 4.69) is 15.5 Å². The van der Waals surface area contributed by atoms with Crippen LogP contribution >= 0.6 is 11.3 Å². The van der Waals surface area contributed by atoms with E-state index in [4.69, 9.17) is 4.74 Å². The molecule has 0 aromatic carbocycles. The first-order chi connectivity index (χ1) is 6.36. The topological polar surface area (TPSA) is 47.0 Å². The van der Waals surface area contributed by atoms with E-state index in [9.17, 15) is 0 Å². The highest BCUT2D eigenvalue weighted by molar-refractivity contribution is 7.11. The quantitative estimate of drug-likeness (QED) is 0.693. The lowest BCUT2D eigenvalue weighted by atomic mass is 10.3. The van der Waals surface area contributed by atoms with Crippen molar-refractivity contribution in [1.29, 1.82) is 0 Å². The van der Waals surface area contributed by atoms with E-state index in [1.54, 1.807) is 18.4 Å². The van der Waals surface area contributed by atoms with Crippen molar-refractivity contribution >= 4 is 11.3 Å². The Kier molecular flexibility index (Phi) is 4.88. The zero-order valence-corrected chi connectivity index (χ0v) is 8.86. The van der Waals surface area contributed by atoms with Crippen LogP contribution in [0.5, 0.6) is 0 Å². The van der Waals surface area contributed by atoms with Crippen molar-refractivity contribution < 1.29 is 4.74 Å². The summed E-state index contributed by atoms with van der Waals surface area (Å²) in [5, 5.41) is 13.3. The van der Waals surface area contributed by atoms with E-state index in [-0.39, 0.29) is 0 Å². The Morgan fingerprint density at radius 1 is 1.38 bits per heavy atom. The third-order valence-corrected chi connectivity index (χ3v) is 2.56. The number of nitrogens with zero attached hydrogens (tertiary/aromatic N) is 2. The van der Waals surface area contributed by atoms with Gasteiger partial charge in [-0.25, -0.2) is 0 Å². The average Bonchev–Trinajstić information content (AvgIpc) is 2.54. The fourth-order valence-corrected chi connectivity index (χ4v) is 1.88. The van der Waals surface area contributed by atoms with Crippen molar-refractivity contribution in [3.05, 3.63) is 10.0 Å². The molecule has 5 heteroatoms. The van der Waals surface area contributed by atoms with Crippen LogP contribution in [-0.2, 0) is 17.7 Å². The molecule has 1 N–H and O–H groups in total. The third kappa shape index (κ3) is 3.80. The zero-order valence-electron chi connectivity index (χ0n) is 8.04. The molecule has 1 rings (SSSR count). The molecule has 1 aromatic rings. The monoisotopic (exact) mass is 201 g/mol. The van der Waals surface area contributed by atoms with E-state index in [1.807, 2.05) is 7.05 Å². The zero-order chi connectivity index (χ0) is 9.52. The molecule has 13 heavy (non-hydrogen) atoms. The first kappa shape index (κ1) is 10.6. The summed E-state index contributed by atoms with van der Waals surface area (Å²) in [7, 11) is 3.62. The van der Waals surface area contributed by atoms with Gasteiger partial charge in [-0.1, -0.05) is 0 Å². The molecule has 1 heterocycles. The highest BCUT2D eigenvalue weighted by Gasteiger charge is 2.02. The van der Waals surface area contributed by atoms with Gasteiger partial charge in [0.25, 0.3) is 0 Å². The molecule has 4 nitrogen and oxygen atoms in total. The Labute approximate surface area is 82.3 Å². The summed E-state index contributed by atoms with van der Waals surface area (Å²) >= 11 is 1.67. The number of rotatable bonds is 6. The van der Waals surface area contributed by atoms with Crippen LogP contribution in [0.3, 0.4) is 0 Å². The lowest BCUT2D eigenvalue weighted by Gasteiger charge is -1.93. The molecule has 0 amide bonds. The number of hydrogen-bond donors (Lipinski definition) is 1. The van der Waals surface area contributed by atoms with Gasteiger partial charge in [0, 0.05) is 26.7 Å². The summed E-state index contributed by atoms with van der Waals surface area (Å²) < 4.78 is 4.96. The number of hydrogen-bond acceptors (Lipinski definition) is 5. The van der Waals surface area contributed by atoms with E-state index in [1.165, 1.54) is 0 Å². The average molecular weight is 201 g/mol. The predicted molar refractivity (Wildman–Crippen MR) is 52.9 cm³/mol. The molecule has 0 spiro atoms. The Morgan fingerprint density at radius 2 is 2.15 bits per heavy atom. The van der Waals surface area contributed by atoms with E-state index < -0.39 is 0 Å². The van der Waals surface area contributed by atoms with Gasteiger partial charge in [-0.3, -0.25) is 0 Å². The van der Waals surface area contributed by atoms with Crippen LogP contribution in [0.25, 0.3) is 0 Å². The van der Waals surface area contributed by atoms with Crippen molar-refractivity contribution in [2.24, 2.45) is 0 Å². The fourth-order valence-electron chi connectivity index (χ4n) is 0.980. The Bertz CT molecular complexity index is 239. The summed E-state index contributed by atoms with van der Waals surface area (Å²) in [5.41, 5.74) is 0. The maximum atomic E-state index is 4.96. The molecule has 0 unspecified atom stereocenters. The first-order valence-electron chi connectivity index (χ1n) is 4.31. The second-order valence-corrected chi connectivity index (χ2v) is 3.86. The van der Waals surface area contributed by atoms with E-state index >= 15 is 0 Å². The van der Waals surface area contributed by atoms with Crippen LogP contribution in [0.4, 0.5) is 0 Å². The Hall–Kier alpha value is -0.520. The van der Waals surface area contributed by atoms with Gasteiger partial charge >= 0.3 is 0 Å². The van der Waals surface area contributed by atoms with Crippen molar-refractivity contribution in [3.63, 3.8) is 0 Å². The standard InChI is InChI=1S/C8H15N3OS/c1-9-6-8-11-10-7(13-8)4-3-5-12-2/h9H,3-6H2,1-2H3. The minimum atomic E-state index is 0.793. The predicted octanol–water partition coefficient (Wildman–Crippen LogP) is 0.836. The molecule has 0 saturated carbocycles. The van der Waals surface area contributed by atoms with Crippen molar-refractivity contribution in [1.82, 2.24) is 15.5 Å². The maximum Gasteiger partial charge on any atom is 0.131 e. The number of aromatic nitrogens is 2. The highest BCUT2D eigenvalue weighted by atomic mass is 32.1. The normalized spacial score (nSPS) is 10.6. The van der Waals surface area contributed by atoms with Crippen molar-refractivity contribution in [2.45, 2.75) is 19.4 Å². The lowest BCUT2D eigenvalue weighted by Crippen LogP contribution is -2.04. The maximum absolute atomic E-state index is 4.96. The van der Waals surface area contributed by atoms with Gasteiger partial charge in [-0.2, -0.15) is 0 Å². The third-order valence-electron chi connectivity index (χ3n) is 1.58. The molecule has 0 atom stereocenters. The second kappa shape index (κ2) is 6.01. The summed E-state index contributed by atoms with van der Waals surface area (Å²) in [6, 6.07) is 0. The molecular formula is C8H15N3OS. The molecule has 0 saturated heterocycles. The molecule has 0 radical (unpaired) electrons. The largest absolute Gasteiger partial charge is 0.385 e. The summed E-state index contributed by atoms with van der Waals surface area (Å²) in [5.74, 6) is 0. The van der Waals surface area contributed by atoms with Crippen LogP contribution in [0.2, 0.25) is 0 Å². The molecule has 0 aliphatic carbocycles. The molecule has 0 bridgehead atoms. The van der Waals surface area contributed by atoms with Gasteiger partial charge in [0.2, 0.25) is 0 Å². The molecule has 1 aromatic heterocycles. The van der Waals surface area contributed by atoms with Gasteiger partial charge in [0.05, 0.1) is 0 Å². The first-order valence-corrected chi connectivity index (χ1v) is 5.13. The van der Waals surface area contributed by atoms with Crippen LogP contribution in [0.15, 0.2) is 0 Å². The number of ether oxygens (including phenoxy) is 1. The molecule has 0 aliphatic rings. The highest BCUT2D eigenvalue weighted by Crippen LogP contribution is 2.10. The van der Waals surface area contributed by atoms with Crippen LogP contribution in [0, 0.1) is 0 Å². The van der Waals surface area contributed by atoms with Gasteiger partial charge in [0.1, 0.15) is 10.0 Å². The minimum absolute atomic E-state index is 0.793. The SMILES string of the molecule is CNCc1nnc(CCCOC)s1. The molecule has 0 fully saturated rings. The van der Waals surface area contributed by atoms with Gasteiger partial charge < -0.3 is 10.1 Å². The van der Waals surface area contributed by atoms with E-state index in [0.29, 0.717) is 0 Å². The summed E-state index contributed by atoms with van der Waals surface area (Å²) in [4.78, 5) is 0. The lowest BCUT2D eigenvalue weighted by molar-refractivity contribution is 0.195. The summed E-state index contributed by atoms with van der Waals surface area (Å²) in [6.07, 6.45) is 1.99.